The van der Waals surface area contributed by atoms with Crippen LogP contribution in [0.2, 0.25) is 0 Å². The fourth-order valence-corrected chi connectivity index (χ4v) is 3.38. The van der Waals surface area contributed by atoms with Crippen molar-refractivity contribution in [3.8, 4) is 5.75 Å². The molecule has 1 fully saturated rings. The highest BCUT2D eigenvalue weighted by Crippen LogP contribution is 2.39. The maximum atomic E-state index is 6.35. The molecule has 1 aliphatic heterocycles. The second-order valence-corrected chi connectivity index (χ2v) is 7.65. The van der Waals surface area contributed by atoms with Gasteiger partial charge in [-0.25, -0.2) is 0 Å². The Morgan fingerprint density at radius 3 is 2.31 bits per heavy atom. The molecule has 1 unspecified atom stereocenters. The summed E-state index contributed by atoms with van der Waals surface area (Å²) in [5.41, 5.74) is 2.87. The van der Waals surface area contributed by atoms with Crippen LogP contribution in [0.5, 0.6) is 5.75 Å². The lowest BCUT2D eigenvalue weighted by atomic mass is 9.75. The van der Waals surface area contributed by atoms with Crippen molar-refractivity contribution < 1.29 is 14.0 Å². The maximum Gasteiger partial charge on any atom is 0.495 e. The van der Waals surface area contributed by atoms with Gasteiger partial charge in [0.2, 0.25) is 0 Å². The number of hydrogen-bond acceptors (Lipinski definition) is 3. The van der Waals surface area contributed by atoms with Crippen LogP contribution in [0.1, 0.15) is 52.2 Å². The van der Waals surface area contributed by atoms with Crippen molar-refractivity contribution >= 4 is 12.6 Å². The van der Waals surface area contributed by atoms with Crippen LogP contribution in [0.4, 0.5) is 0 Å². The van der Waals surface area contributed by atoms with Crippen molar-refractivity contribution in [1.82, 2.24) is 0 Å². The Morgan fingerprint density at radius 1 is 0.962 bits per heavy atom. The van der Waals surface area contributed by atoms with Crippen molar-refractivity contribution in [2.45, 2.75) is 65.3 Å². The van der Waals surface area contributed by atoms with Crippen molar-refractivity contribution in [3.05, 3.63) is 59.7 Å². The lowest BCUT2D eigenvalue weighted by Crippen LogP contribution is -2.44. The summed E-state index contributed by atoms with van der Waals surface area (Å²) in [5.74, 6) is 0.880. The van der Waals surface area contributed by atoms with Gasteiger partial charge in [-0.2, -0.15) is 0 Å². The topological polar surface area (TPSA) is 27.7 Å². The van der Waals surface area contributed by atoms with Crippen molar-refractivity contribution in [2.24, 2.45) is 0 Å². The number of benzene rings is 2. The van der Waals surface area contributed by atoms with Gasteiger partial charge in [-0.15, -0.1) is 0 Å². The standard InChI is InChI=1S/C22H29BO3/c1-6-18-15-19(24-16-17-11-9-8-10-12-17)13-14-20(18)23-25-21(3,4)22(5,7-2)26-23/h8-15H,6-7,16H2,1-5H3. The lowest BCUT2D eigenvalue weighted by Gasteiger charge is -2.35. The highest BCUT2D eigenvalue weighted by molar-refractivity contribution is 6.62. The predicted molar refractivity (Wildman–Crippen MR) is 107 cm³/mol. The molecular formula is C22H29BO3. The van der Waals surface area contributed by atoms with E-state index in [1.54, 1.807) is 0 Å². The zero-order valence-electron chi connectivity index (χ0n) is 16.5. The van der Waals surface area contributed by atoms with Crippen molar-refractivity contribution in [2.75, 3.05) is 0 Å². The first-order valence-electron chi connectivity index (χ1n) is 9.53. The lowest BCUT2D eigenvalue weighted by molar-refractivity contribution is -0.0118. The van der Waals surface area contributed by atoms with Gasteiger partial charge in [0.25, 0.3) is 0 Å². The predicted octanol–water partition coefficient (Wildman–Crippen LogP) is 4.52. The van der Waals surface area contributed by atoms with Crippen molar-refractivity contribution in [1.29, 1.82) is 0 Å². The molecule has 4 heteroatoms. The van der Waals surface area contributed by atoms with E-state index in [1.165, 1.54) is 5.56 Å². The molecule has 138 valence electrons. The second kappa shape index (κ2) is 7.46. The number of aryl methyl sites for hydroxylation is 1. The minimum Gasteiger partial charge on any atom is -0.489 e. The summed E-state index contributed by atoms with van der Waals surface area (Å²) in [6.45, 7) is 11.2. The molecule has 3 rings (SSSR count). The van der Waals surface area contributed by atoms with E-state index < -0.39 is 0 Å². The monoisotopic (exact) mass is 352 g/mol. The van der Waals surface area contributed by atoms with Gasteiger partial charge in [0.1, 0.15) is 12.4 Å². The average Bonchev–Trinajstić information content (AvgIpc) is 2.90. The molecular weight excluding hydrogens is 323 g/mol. The smallest absolute Gasteiger partial charge is 0.489 e. The van der Waals surface area contributed by atoms with E-state index in [9.17, 15) is 0 Å². The summed E-state index contributed by atoms with van der Waals surface area (Å²) < 4.78 is 18.6. The van der Waals surface area contributed by atoms with Gasteiger partial charge in [0.15, 0.2) is 0 Å². The third-order valence-electron chi connectivity index (χ3n) is 5.71. The summed E-state index contributed by atoms with van der Waals surface area (Å²) in [6, 6.07) is 16.4. The van der Waals surface area contributed by atoms with Gasteiger partial charge in [-0.3, -0.25) is 0 Å². The van der Waals surface area contributed by atoms with Gasteiger partial charge in [-0.05, 0) is 62.3 Å². The van der Waals surface area contributed by atoms with Gasteiger partial charge >= 0.3 is 7.12 Å². The minimum atomic E-state index is -0.326. The largest absolute Gasteiger partial charge is 0.495 e. The zero-order valence-corrected chi connectivity index (χ0v) is 16.5. The van der Waals surface area contributed by atoms with Crippen LogP contribution >= 0.6 is 0 Å². The van der Waals surface area contributed by atoms with Gasteiger partial charge < -0.3 is 14.0 Å². The van der Waals surface area contributed by atoms with Crippen molar-refractivity contribution in [3.63, 3.8) is 0 Å². The molecule has 2 aromatic carbocycles. The van der Waals surface area contributed by atoms with Crippen LogP contribution in [-0.2, 0) is 22.3 Å². The Kier molecular flexibility index (Phi) is 5.45. The quantitative estimate of drug-likeness (QED) is 0.716. The molecule has 0 bridgehead atoms. The van der Waals surface area contributed by atoms with E-state index in [0.717, 1.165) is 29.6 Å². The zero-order chi connectivity index (χ0) is 18.8. The Hall–Kier alpha value is -1.78. The molecule has 2 aromatic rings. The molecule has 0 amide bonds. The molecule has 0 aromatic heterocycles. The van der Waals surface area contributed by atoms with Gasteiger partial charge in [0, 0.05) is 0 Å². The molecule has 0 saturated carbocycles. The van der Waals surface area contributed by atoms with E-state index in [2.05, 4.69) is 58.9 Å². The minimum absolute atomic E-state index is 0.287. The average molecular weight is 352 g/mol. The molecule has 1 heterocycles. The van der Waals surface area contributed by atoms with E-state index in [1.807, 2.05) is 24.3 Å². The van der Waals surface area contributed by atoms with Crippen LogP contribution < -0.4 is 10.2 Å². The summed E-state index contributed by atoms with van der Waals surface area (Å²) >= 11 is 0. The number of hydrogen-bond donors (Lipinski definition) is 0. The molecule has 1 saturated heterocycles. The first-order valence-corrected chi connectivity index (χ1v) is 9.53. The number of ether oxygens (including phenoxy) is 1. The SMILES string of the molecule is CCc1cc(OCc2ccccc2)ccc1B1OC(C)(C)C(C)(CC)O1. The van der Waals surface area contributed by atoms with Crippen LogP contribution in [0.15, 0.2) is 48.5 Å². The normalized spacial score (nSPS) is 21.8. The molecule has 1 atom stereocenters. The third kappa shape index (κ3) is 3.67. The summed E-state index contributed by atoms with van der Waals surface area (Å²) in [4.78, 5) is 0. The van der Waals surface area contributed by atoms with Gasteiger partial charge in [-0.1, -0.05) is 50.2 Å². The molecule has 1 aliphatic rings. The van der Waals surface area contributed by atoms with E-state index in [0.29, 0.717) is 6.61 Å². The Morgan fingerprint density at radius 2 is 1.69 bits per heavy atom. The van der Waals surface area contributed by atoms with Gasteiger partial charge in [0.05, 0.1) is 11.2 Å². The molecule has 3 nitrogen and oxygen atoms in total. The summed E-state index contributed by atoms with van der Waals surface area (Å²) in [5, 5.41) is 0. The highest BCUT2D eigenvalue weighted by atomic mass is 16.7. The third-order valence-corrected chi connectivity index (χ3v) is 5.71. The Balaban J connectivity index is 1.77. The van der Waals surface area contributed by atoms with Crippen LogP contribution in [0, 0.1) is 0 Å². The van der Waals surface area contributed by atoms with E-state index >= 15 is 0 Å². The van der Waals surface area contributed by atoms with Crippen LogP contribution in [0.25, 0.3) is 0 Å². The Labute approximate surface area is 157 Å². The number of rotatable bonds is 6. The highest BCUT2D eigenvalue weighted by Gasteiger charge is 2.53. The summed E-state index contributed by atoms with van der Waals surface area (Å²) in [7, 11) is -0.326. The van der Waals surface area contributed by atoms with E-state index in [4.69, 9.17) is 14.0 Å². The van der Waals surface area contributed by atoms with E-state index in [-0.39, 0.29) is 18.3 Å². The first kappa shape index (κ1) is 19.0. The van der Waals surface area contributed by atoms with Crippen LogP contribution in [0.3, 0.4) is 0 Å². The summed E-state index contributed by atoms with van der Waals surface area (Å²) in [6.07, 6.45) is 1.82. The fraction of sp³-hybridized carbons (Fsp3) is 0.455. The second-order valence-electron chi connectivity index (χ2n) is 7.65. The first-order chi connectivity index (χ1) is 12.4. The maximum absolute atomic E-state index is 6.35. The molecule has 0 aliphatic carbocycles. The molecule has 0 N–H and O–H groups in total. The molecule has 0 spiro atoms. The Bertz CT molecular complexity index is 744. The molecule has 0 radical (unpaired) electrons. The molecule has 26 heavy (non-hydrogen) atoms. The fourth-order valence-electron chi connectivity index (χ4n) is 3.38. The van der Waals surface area contributed by atoms with Crippen LogP contribution in [-0.4, -0.2) is 18.3 Å².